The fourth-order valence-electron chi connectivity index (χ4n) is 2.07. The van der Waals surface area contributed by atoms with Crippen LogP contribution in [0.4, 0.5) is 17.1 Å². The summed E-state index contributed by atoms with van der Waals surface area (Å²) < 4.78 is 0. The van der Waals surface area contributed by atoms with Crippen molar-refractivity contribution in [3.63, 3.8) is 0 Å². The van der Waals surface area contributed by atoms with Crippen molar-refractivity contribution in [1.82, 2.24) is 0 Å². The van der Waals surface area contributed by atoms with Crippen molar-refractivity contribution in [2.45, 2.75) is 19.8 Å². The molecule has 0 aromatic heterocycles. The number of nitrogens with one attached hydrogen (secondary N) is 2. The third-order valence-corrected chi connectivity index (χ3v) is 3.47. The highest BCUT2D eigenvalue weighted by atomic mass is 16.6. The Kier molecular flexibility index (Phi) is 3.69. The number of benzene rings is 1. The van der Waals surface area contributed by atoms with Gasteiger partial charge in [-0.15, -0.1) is 0 Å². The number of anilines is 2. The predicted molar refractivity (Wildman–Crippen MR) is 73.0 cm³/mol. The minimum absolute atomic E-state index is 0.114. The second kappa shape index (κ2) is 5.25. The van der Waals surface area contributed by atoms with E-state index in [1.165, 1.54) is 18.9 Å². The minimum Gasteiger partial charge on any atom is -0.388 e. The molecule has 0 radical (unpaired) electrons. The summed E-state index contributed by atoms with van der Waals surface area (Å²) in [4.78, 5) is 10.5. The van der Waals surface area contributed by atoms with Crippen LogP contribution in [0.15, 0.2) is 18.2 Å². The van der Waals surface area contributed by atoms with Gasteiger partial charge in [-0.25, -0.2) is 0 Å². The van der Waals surface area contributed by atoms with Gasteiger partial charge in [-0.3, -0.25) is 10.1 Å². The zero-order valence-corrected chi connectivity index (χ0v) is 10.8. The summed E-state index contributed by atoms with van der Waals surface area (Å²) in [6.07, 6.45) is 2.64. The molecule has 0 aliphatic heterocycles. The van der Waals surface area contributed by atoms with Gasteiger partial charge in [0, 0.05) is 37.1 Å². The summed E-state index contributed by atoms with van der Waals surface area (Å²) in [6.45, 7) is 3.09. The molecule has 1 aromatic carbocycles. The molecule has 18 heavy (non-hydrogen) atoms. The second-order valence-corrected chi connectivity index (χ2v) is 4.97. The maximum atomic E-state index is 10.8. The molecule has 1 saturated carbocycles. The molecule has 0 amide bonds. The fraction of sp³-hybridized carbons (Fsp3) is 0.538. The standard InChI is InChI=1S/C13H19N3O2/c1-9(10-3-4-10)8-15-12-5-11(14-2)6-13(7-12)16(17)18/h5-7,9-10,14-15H,3-4,8H2,1-2H3. The van der Waals surface area contributed by atoms with E-state index in [9.17, 15) is 10.1 Å². The number of hydrogen-bond acceptors (Lipinski definition) is 4. The molecule has 2 N–H and O–H groups in total. The average molecular weight is 249 g/mol. The zero-order valence-electron chi connectivity index (χ0n) is 10.8. The molecule has 1 unspecified atom stereocenters. The van der Waals surface area contributed by atoms with Crippen molar-refractivity contribution in [2.75, 3.05) is 24.2 Å². The highest BCUT2D eigenvalue weighted by Crippen LogP contribution is 2.36. The van der Waals surface area contributed by atoms with Crippen molar-refractivity contribution in [2.24, 2.45) is 11.8 Å². The van der Waals surface area contributed by atoms with Crippen LogP contribution in [0, 0.1) is 22.0 Å². The van der Waals surface area contributed by atoms with Crippen molar-refractivity contribution in [1.29, 1.82) is 0 Å². The topological polar surface area (TPSA) is 67.2 Å². The number of nitrogens with zero attached hydrogens (tertiary/aromatic N) is 1. The molecule has 1 atom stereocenters. The monoisotopic (exact) mass is 249 g/mol. The Hall–Kier alpha value is -1.78. The van der Waals surface area contributed by atoms with E-state index >= 15 is 0 Å². The molecule has 0 bridgehead atoms. The zero-order chi connectivity index (χ0) is 13.1. The first-order valence-electron chi connectivity index (χ1n) is 6.31. The maximum absolute atomic E-state index is 10.8. The lowest BCUT2D eigenvalue weighted by Gasteiger charge is -2.13. The summed E-state index contributed by atoms with van der Waals surface area (Å²) in [5.74, 6) is 1.46. The smallest absolute Gasteiger partial charge is 0.273 e. The lowest BCUT2D eigenvalue weighted by atomic mass is 10.1. The number of nitro benzene ring substituents is 1. The first kappa shape index (κ1) is 12.7. The molecule has 2 rings (SSSR count). The highest BCUT2D eigenvalue weighted by Gasteiger charge is 2.27. The van der Waals surface area contributed by atoms with E-state index in [4.69, 9.17) is 0 Å². The van der Waals surface area contributed by atoms with Crippen molar-refractivity contribution in [3.05, 3.63) is 28.3 Å². The molecule has 5 nitrogen and oxygen atoms in total. The lowest BCUT2D eigenvalue weighted by Crippen LogP contribution is -2.13. The van der Waals surface area contributed by atoms with Crippen LogP contribution in [0.5, 0.6) is 0 Å². The summed E-state index contributed by atoms with van der Waals surface area (Å²) in [7, 11) is 1.76. The Morgan fingerprint density at radius 2 is 2.06 bits per heavy atom. The summed E-state index contributed by atoms with van der Waals surface area (Å²) in [5.41, 5.74) is 1.68. The van der Waals surface area contributed by atoms with Gasteiger partial charge in [0.2, 0.25) is 0 Å². The molecular formula is C13H19N3O2. The van der Waals surface area contributed by atoms with Gasteiger partial charge in [0.05, 0.1) is 4.92 Å². The van der Waals surface area contributed by atoms with Crippen LogP contribution in [-0.2, 0) is 0 Å². The first-order chi connectivity index (χ1) is 8.60. The quantitative estimate of drug-likeness (QED) is 0.600. The molecule has 5 heteroatoms. The highest BCUT2D eigenvalue weighted by molar-refractivity contribution is 5.63. The Morgan fingerprint density at radius 1 is 1.39 bits per heavy atom. The number of rotatable bonds is 6. The van der Waals surface area contributed by atoms with Crippen LogP contribution in [0.3, 0.4) is 0 Å². The van der Waals surface area contributed by atoms with Gasteiger partial charge in [-0.1, -0.05) is 6.92 Å². The normalized spacial score (nSPS) is 16.1. The number of hydrogen-bond donors (Lipinski definition) is 2. The molecule has 0 heterocycles. The molecule has 1 fully saturated rings. The molecular weight excluding hydrogens is 230 g/mol. The fourth-order valence-corrected chi connectivity index (χ4v) is 2.07. The molecule has 1 aliphatic carbocycles. The van der Waals surface area contributed by atoms with Crippen LogP contribution in [0.2, 0.25) is 0 Å². The predicted octanol–water partition coefficient (Wildman–Crippen LogP) is 3.09. The van der Waals surface area contributed by atoms with Gasteiger partial charge < -0.3 is 10.6 Å². The maximum Gasteiger partial charge on any atom is 0.273 e. The van der Waals surface area contributed by atoms with E-state index in [1.54, 1.807) is 13.1 Å². The molecule has 0 saturated heterocycles. The Labute approximate surface area is 107 Å². The van der Waals surface area contributed by atoms with Gasteiger partial charge in [0.15, 0.2) is 0 Å². The SMILES string of the molecule is CNc1cc(NCC(C)C2CC2)cc([N+](=O)[O-])c1. The molecule has 98 valence electrons. The summed E-state index contributed by atoms with van der Waals surface area (Å²) >= 11 is 0. The van der Waals surface area contributed by atoms with Gasteiger partial charge in [-0.05, 0) is 30.7 Å². The Bertz CT molecular complexity index is 444. The summed E-state index contributed by atoms with van der Waals surface area (Å²) in [5, 5.41) is 17.1. The number of non-ortho nitro benzene ring substituents is 1. The van der Waals surface area contributed by atoms with E-state index < -0.39 is 0 Å². The summed E-state index contributed by atoms with van der Waals surface area (Å²) in [6, 6.07) is 5.02. The van der Waals surface area contributed by atoms with Gasteiger partial charge in [0.25, 0.3) is 5.69 Å². The van der Waals surface area contributed by atoms with E-state index in [-0.39, 0.29) is 10.6 Å². The minimum atomic E-state index is -0.365. The van der Waals surface area contributed by atoms with Crippen LogP contribution in [0.25, 0.3) is 0 Å². The third kappa shape index (κ3) is 3.12. The van der Waals surface area contributed by atoms with E-state index in [2.05, 4.69) is 17.6 Å². The van der Waals surface area contributed by atoms with Crippen molar-refractivity contribution < 1.29 is 4.92 Å². The van der Waals surface area contributed by atoms with Crippen molar-refractivity contribution in [3.8, 4) is 0 Å². The average Bonchev–Trinajstić information content (AvgIpc) is 3.19. The molecule has 1 aromatic rings. The molecule has 0 spiro atoms. The van der Waals surface area contributed by atoms with Gasteiger partial charge in [-0.2, -0.15) is 0 Å². The van der Waals surface area contributed by atoms with Crippen LogP contribution in [-0.4, -0.2) is 18.5 Å². The molecule has 1 aliphatic rings. The third-order valence-electron chi connectivity index (χ3n) is 3.47. The lowest BCUT2D eigenvalue weighted by molar-refractivity contribution is -0.384. The van der Waals surface area contributed by atoms with Gasteiger partial charge in [0.1, 0.15) is 0 Å². The second-order valence-electron chi connectivity index (χ2n) is 4.97. The number of nitro groups is 1. The van der Waals surface area contributed by atoms with E-state index in [0.29, 0.717) is 5.92 Å². The largest absolute Gasteiger partial charge is 0.388 e. The van der Waals surface area contributed by atoms with Crippen LogP contribution >= 0.6 is 0 Å². The van der Waals surface area contributed by atoms with Gasteiger partial charge >= 0.3 is 0 Å². The van der Waals surface area contributed by atoms with E-state index in [0.717, 1.165) is 23.8 Å². The van der Waals surface area contributed by atoms with Crippen LogP contribution < -0.4 is 10.6 Å². The van der Waals surface area contributed by atoms with Crippen LogP contribution in [0.1, 0.15) is 19.8 Å². The Balaban J connectivity index is 2.05. The van der Waals surface area contributed by atoms with Crippen molar-refractivity contribution >= 4 is 17.1 Å². The first-order valence-corrected chi connectivity index (χ1v) is 6.31. The Morgan fingerprint density at radius 3 is 2.61 bits per heavy atom. The van der Waals surface area contributed by atoms with E-state index in [1.807, 2.05) is 6.07 Å².